The summed E-state index contributed by atoms with van der Waals surface area (Å²) in [4.78, 5) is 24.1. The Morgan fingerprint density at radius 1 is 1.00 bits per heavy atom. The highest BCUT2D eigenvalue weighted by atomic mass is 19.4. The molecule has 0 unspecified atom stereocenters. The third kappa shape index (κ3) is 5.23. The van der Waals surface area contributed by atoms with Gasteiger partial charge in [-0.05, 0) is 44.2 Å². The molecular weight excluding hydrogens is 349 g/mol. The highest BCUT2D eigenvalue weighted by Gasteiger charge is 2.30. The van der Waals surface area contributed by atoms with E-state index in [1.54, 1.807) is 26.0 Å². The van der Waals surface area contributed by atoms with Crippen LogP contribution in [0.2, 0.25) is 0 Å². The van der Waals surface area contributed by atoms with E-state index in [2.05, 4.69) is 10.6 Å². The minimum Gasteiger partial charge on any atom is -0.459 e. The second kappa shape index (κ2) is 7.90. The second-order valence-corrected chi connectivity index (χ2v) is 5.66. The number of rotatable bonds is 4. The van der Waals surface area contributed by atoms with Crippen LogP contribution in [0.1, 0.15) is 29.8 Å². The van der Waals surface area contributed by atoms with E-state index in [0.717, 1.165) is 12.1 Å². The summed E-state index contributed by atoms with van der Waals surface area (Å²) >= 11 is 0. The lowest BCUT2D eigenvalue weighted by molar-refractivity contribution is -0.137. The van der Waals surface area contributed by atoms with Crippen molar-refractivity contribution in [1.82, 2.24) is 0 Å². The molecule has 138 valence electrons. The number of carbonyl (C=O) groups excluding carboxylic acids is 2. The van der Waals surface area contributed by atoms with E-state index in [4.69, 9.17) is 4.74 Å². The van der Waals surface area contributed by atoms with Crippen LogP contribution in [-0.2, 0) is 10.9 Å². The van der Waals surface area contributed by atoms with Gasteiger partial charge in [-0.1, -0.05) is 18.2 Å². The number of carbonyl (C=O) groups is 2. The maximum Gasteiger partial charge on any atom is 0.416 e. The van der Waals surface area contributed by atoms with Crippen molar-refractivity contribution in [1.29, 1.82) is 0 Å². The van der Waals surface area contributed by atoms with Crippen LogP contribution in [0, 0.1) is 0 Å². The summed E-state index contributed by atoms with van der Waals surface area (Å²) in [6, 6.07) is 9.62. The van der Waals surface area contributed by atoms with Crippen LogP contribution in [0.15, 0.2) is 48.5 Å². The number of amides is 2. The number of anilines is 2. The normalized spacial score (nSPS) is 11.2. The van der Waals surface area contributed by atoms with Crippen molar-refractivity contribution >= 4 is 23.4 Å². The Labute approximate surface area is 148 Å². The molecule has 2 amide bonds. The molecule has 8 heteroatoms. The Morgan fingerprint density at radius 3 is 2.35 bits per heavy atom. The molecule has 0 atom stereocenters. The zero-order chi connectivity index (χ0) is 19.3. The maximum absolute atomic E-state index is 12.7. The molecule has 5 nitrogen and oxygen atoms in total. The van der Waals surface area contributed by atoms with Gasteiger partial charge in [0.1, 0.15) is 0 Å². The highest BCUT2D eigenvalue weighted by molar-refractivity contribution is 6.05. The monoisotopic (exact) mass is 366 g/mol. The van der Waals surface area contributed by atoms with Crippen LogP contribution < -0.4 is 10.6 Å². The van der Waals surface area contributed by atoms with Gasteiger partial charge in [-0.25, -0.2) is 9.59 Å². The SMILES string of the molecule is CC(C)OC(=O)c1ccccc1NC(=O)Nc1cccc(C(F)(F)F)c1. The van der Waals surface area contributed by atoms with Crippen molar-refractivity contribution in [2.24, 2.45) is 0 Å². The minimum atomic E-state index is -4.51. The average molecular weight is 366 g/mol. The molecule has 0 fully saturated rings. The Morgan fingerprint density at radius 2 is 1.69 bits per heavy atom. The largest absolute Gasteiger partial charge is 0.459 e. The predicted octanol–water partition coefficient (Wildman–Crippen LogP) is 4.91. The van der Waals surface area contributed by atoms with E-state index in [1.807, 2.05) is 0 Å². The summed E-state index contributed by atoms with van der Waals surface area (Å²) in [7, 11) is 0. The number of para-hydroxylation sites is 1. The third-order valence-electron chi connectivity index (χ3n) is 3.19. The Kier molecular flexibility index (Phi) is 5.86. The van der Waals surface area contributed by atoms with Crippen molar-refractivity contribution < 1.29 is 27.5 Å². The number of nitrogens with one attached hydrogen (secondary N) is 2. The Bertz CT molecular complexity index is 804. The van der Waals surface area contributed by atoms with Crippen molar-refractivity contribution in [2.45, 2.75) is 26.1 Å². The molecule has 0 heterocycles. The maximum atomic E-state index is 12.7. The van der Waals surface area contributed by atoms with E-state index in [1.165, 1.54) is 24.3 Å². The van der Waals surface area contributed by atoms with E-state index in [-0.39, 0.29) is 23.0 Å². The van der Waals surface area contributed by atoms with Crippen LogP contribution in [0.25, 0.3) is 0 Å². The molecule has 0 aromatic heterocycles. The zero-order valence-electron chi connectivity index (χ0n) is 14.1. The van der Waals surface area contributed by atoms with Crippen molar-refractivity contribution in [2.75, 3.05) is 10.6 Å². The van der Waals surface area contributed by atoms with Crippen LogP contribution >= 0.6 is 0 Å². The first kappa shape index (κ1) is 19.3. The van der Waals surface area contributed by atoms with Gasteiger partial charge in [0.25, 0.3) is 0 Å². The average Bonchev–Trinajstić information content (AvgIpc) is 2.54. The molecule has 2 rings (SSSR count). The van der Waals surface area contributed by atoms with Crippen molar-refractivity contribution in [3.63, 3.8) is 0 Å². The van der Waals surface area contributed by atoms with Crippen LogP contribution in [0.5, 0.6) is 0 Å². The lowest BCUT2D eigenvalue weighted by atomic mass is 10.2. The molecular formula is C18H17F3N2O3. The lowest BCUT2D eigenvalue weighted by Crippen LogP contribution is -2.22. The molecule has 0 bridgehead atoms. The molecule has 0 radical (unpaired) electrons. The van der Waals surface area contributed by atoms with E-state index < -0.39 is 23.7 Å². The minimum absolute atomic E-state index is 0.0282. The van der Waals surface area contributed by atoms with Gasteiger partial charge >= 0.3 is 18.2 Å². The number of alkyl halides is 3. The van der Waals surface area contributed by atoms with Gasteiger partial charge in [0.15, 0.2) is 0 Å². The number of hydrogen-bond acceptors (Lipinski definition) is 3. The zero-order valence-corrected chi connectivity index (χ0v) is 14.1. The number of benzene rings is 2. The fourth-order valence-corrected chi connectivity index (χ4v) is 2.11. The van der Waals surface area contributed by atoms with E-state index >= 15 is 0 Å². The van der Waals surface area contributed by atoms with Gasteiger partial charge in [-0.3, -0.25) is 0 Å². The van der Waals surface area contributed by atoms with Gasteiger partial charge in [0, 0.05) is 5.69 Å². The number of ether oxygens (including phenoxy) is 1. The fraction of sp³-hybridized carbons (Fsp3) is 0.222. The van der Waals surface area contributed by atoms with Gasteiger partial charge < -0.3 is 15.4 Å². The van der Waals surface area contributed by atoms with Crippen molar-refractivity contribution in [3.8, 4) is 0 Å². The van der Waals surface area contributed by atoms with Gasteiger partial charge in [0.05, 0.1) is 22.9 Å². The predicted molar refractivity (Wildman–Crippen MR) is 91.1 cm³/mol. The molecule has 0 saturated heterocycles. The summed E-state index contributed by atoms with van der Waals surface area (Å²) in [5.41, 5.74) is -0.584. The standard InChI is InChI=1S/C18H17F3N2O3/c1-11(2)26-16(24)14-8-3-4-9-15(14)23-17(25)22-13-7-5-6-12(10-13)18(19,20)21/h3-11H,1-2H3,(H2,22,23,25). The molecule has 26 heavy (non-hydrogen) atoms. The summed E-state index contributed by atoms with van der Waals surface area (Å²) < 4.78 is 43.2. The van der Waals surface area contributed by atoms with E-state index in [9.17, 15) is 22.8 Å². The molecule has 2 aromatic carbocycles. The summed E-state index contributed by atoms with van der Waals surface area (Å²) in [6.45, 7) is 3.38. The van der Waals surface area contributed by atoms with Crippen molar-refractivity contribution in [3.05, 3.63) is 59.7 Å². The van der Waals surface area contributed by atoms with Crippen LogP contribution in [0.3, 0.4) is 0 Å². The topological polar surface area (TPSA) is 67.4 Å². The molecule has 0 spiro atoms. The molecule has 2 N–H and O–H groups in total. The highest BCUT2D eigenvalue weighted by Crippen LogP contribution is 2.30. The van der Waals surface area contributed by atoms with Gasteiger partial charge in [-0.15, -0.1) is 0 Å². The Balaban J connectivity index is 2.13. The summed E-state index contributed by atoms with van der Waals surface area (Å²) in [5, 5.41) is 4.75. The first-order valence-corrected chi connectivity index (χ1v) is 7.72. The second-order valence-electron chi connectivity index (χ2n) is 5.66. The lowest BCUT2D eigenvalue weighted by Gasteiger charge is -2.14. The van der Waals surface area contributed by atoms with Crippen LogP contribution in [-0.4, -0.2) is 18.1 Å². The number of halogens is 3. The molecule has 0 aliphatic carbocycles. The molecule has 0 saturated carbocycles. The van der Waals surface area contributed by atoms with E-state index in [0.29, 0.717) is 0 Å². The van der Waals surface area contributed by atoms with Gasteiger partial charge in [-0.2, -0.15) is 13.2 Å². The molecule has 2 aromatic rings. The quantitative estimate of drug-likeness (QED) is 0.755. The summed E-state index contributed by atoms with van der Waals surface area (Å²) in [6.07, 6.45) is -4.85. The number of urea groups is 1. The molecule has 0 aliphatic heterocycles. The number of esters is 1. The Hall–Kier alpha value is -3.03. The van der Waals surface area contributed by atoms with Crippen LogP contribution in [0.4, 0.5) is 29.3 Å². The number of hydrogen-bond donors (Lipinski definition) is 2. The molecule has 0 aliphatic rings. The summed E-state index contributed by atoms with van der Waals surface area (Å²) in [5.74, 6) is -0.616. The van der Waals surface area contributed by atoms with Gasteiger partial charge in [0.2, 0.25) is 0 Å². The first-order valence-electron chi connectivity index (χ1n) is 7.72. The fourth-order valence-electron chi connectivity index (χ4n) is 2.11. The smallest absolute Gasteiger partial charge is 0.416 e. The first-order chi connectivity index (χ1) is 12.2. The third-order valence-corrected chi connectivity index (χ3v) is 3.19.